The van der Waals surface area contributed by atoms with Gasteiger partial charge in [-0.15, -0.1) is 0 Å². The van der Waals surface area contributed by atoms with Gasteiger partial charge >= 0.3 is 0 Å². The molecular formula is C25H22N2O4. The van der Waals surface area contributed by atoms with Gasteiger partial charge < -0.3 is 19.2 Å². The topological polar surface area (TPSA) is 73.6 Å². The highest BCUT2D eigenvalue weighted by atomic mass is 16.7. The number of carbonyl (C=O) groups excluding carboxylic acids is 1. The molecule has 6 heteroatoms. The van der Waals surface area contributed by atoms with Crippen molar-refractivity contribution in [2.75, 3.05) is 12.1 Å². The molecule has 6 nitrogen and oxygen atoms in total. The van der Waals surface area contributed by atoms with Crippen LogP contribution < -0.4 is 14.8 Å². The highest BCUT2D eigenvalue weighted by Crippen LogP contribution is 2.33. The lowest BCUT2D eigenvalue weighted by molar-refractivity contribution is 0.102. The van der Waals surface area contributed by atoms with E-state index >= 15 is 0 Å². The van der Waals surface area contributed by atoms with E-state index in [0.29, 0.717) is 34.6 Å². The molecule has 4 aromatic rings. The first kappa shape index (κ1) is 19.2. The number of benzene rings is 3. The smallest absolute Gasteiger partial charge is 0.255 e. The maximum Gasteiger partial charge on any atom is 0.255 e. The number of rotatable bonds is 5. The molecule has 0 radical (unpaired) electrons. The maximum atomic E-state index is 12.6. The number of hydrogen-bond donors (Lipinski definition) is 1. The molecule has 156 valence electrons. The van der Waals surface area contributed by atoms with Crippen molar-refractivity contribution in [1.29, 1.82) is 0 Å². The molecule has 5 rings (SSSR count). The summed E-state index contributed by atoms with van der Waals surface area (Å²) in [5, 5.41) is 2.89. The molecule has 0 unspecified atom stereocenters. The molecule has 0 saturated carbocycles. The van der Waals surface area contributed by atoms with Gasteiger partial charge in [-0.3, -0.25) is 4.79 Å². The van der Waals surface area contributed by atoms with Gasteiger partial charge in [0, 0.05) is 16.8 Å². The molecule has 0 spiro atoms. The van der Waals surface area contributed by atoms with Crippen LogP contribution in [0.15, 0.2) is 65.1 Å². The Kier molecular flexibility index (Phi) is 4.82. The number of aromatic nitrogens is 1. The predicted octanol–water partition coefficient (Wildman–Crippen LogP) is 5.99. The third-order valence-corrected chi connectivity index (χ3v) is 5.62. The van der Waals surface area contributed by atoms with Gasteiger partial charge in [-0.05, 0) is 72.5 Å². The Morgan fingerprint density at radius 3 is 2.65 bits per heavy atom. The first-order valence-electron chi connectivity index (χ1n) is 10.3. The van der Waals surface area contributed by atoms with Crippen LogP contribution in [0, 0.1) is 0 Å². The Morgan fingerprint density at radius 2 is 1.84 bits per heavy atom. The molecule has 1 atom stereocenters. The average molecular weight is 414 g/mol. The van der Waals surface area contributed by atoms with E-state index in [1.165, 1.54) is 5.56 Å². The van der Waals surface area contributed by atoms with Crippen molar-refractivity contribution in [2.45, 2.75) is 26.2 Å². The van der Waals surface area contributed by atoms with Crippen molar-refractivity contribution in [2.24, 2.45) is 0 Å². The van der Waals surface area contributed by atoms with Crippen molar-refractivity contribution in [3.63, 3.8) is 0 Å². The fourth-order valence-corrected chi connectivity index (χ4v) is 3.55. The van der Waals surface area contributed by atoms with Gasteiger partial charge in [0.25, 0.3) is 5.91 Å². The molecule has 0 saturated heterocycles. The molecule has 1 amide bonds. The van der Waals surface area contributed by atoms with Gasteiger partial charge in [-0.25, -0.2) is 4.98 Å². The van der Waals surface area contributed by atoms with Crippen molar-refractivity contribution >= 4 is 22.7 Å². The number of carbonyl (C=O) groups is 1. The molecule has 0 aliphatic carbocycles. The fraction of sp³-hybridized carbons (Fsp3) is 0.200. The second-order valence-corrected chi connectivity index (χ2v) is 7.65. The van der Waals surface area contributed by atoms with Crippen molar-refractivity contribution in [1.82, 2.24) is 4.98 Å². The van der Waals surface area contributed by atoms with Gasteiger partial charge in [0.05, 0.1) is 0 Å². The minimum Gasteiger partial charge on any atom is -0.454 e. The lowest BCUT2D eigenvalue weighted by Crippen LogP contribution is -2.11. The van der Waals surface area contributed by atoms with E-state index in [1.54, 1.807) is 18.2 Å². The molecule has 0 bridgehead atoms. The van der Waals surface area contributed by atoms with Crippen LogP contribution in [0.4, 0.5) is 5.69 Å². The highest BCUT2D eigenvalue weighted by molar-refractivity contribution is 6.04. The Balaban J connectivity index is 1.33. The molecule has 31 heavy (non-hydrogen) atoms. The van der Waals surface area contributed by atoms with Crippen molar-refractivity contribution in [3.8, 4) is 23.0 Å². The first-order chi connectivity index (χ1) is 15.1. The molecule has 1 aliphatic rings. The van der Waals surface area contributed by atoms with E-state index in [2.05, 4.69) is 36.3 Å². The van der Waals surface area contributed by atoms with Gasteiger partial charge in [-0.2, -0.15) is 0 Å². The van der Waals surface area contributed by atoms with Crippen LogP contribution in [0.3, 0.4) is 0 Å². The molecule has 2 heterocycles. The van der Waals surface area contributed by atoms with Crippen LogP contribution in [0.25, 0.3) is 22.6 Å². The van der Waals surface area contributed by atoms with Crippen LogP contribution in [0.2, 0.25) is 0 Å². The van der Waals surface area contributed by atoms with E-state index in [-0.39, 0.29) is 12.7 Å². The Morgan fingerprint density at radius 1 is 1.03 bits per heavy atom. The minimum absolute atomic E-state index is 0.177. The fourth-order valence-electron chi connectivity index (χ4n) is 3.55. The zero-order valence-corrected chi connectivity index (χ0v) is 17.3. The van der Waals surface area contributed by atoms with Crippen LogP contribution in [0.5, 0.6) is 11.5 Å². The normalized spacial score (nSPS) is 13.4. The van der Waals surface area contributed by atoms with E-state index < -0.39 is 0 Å². The number of nitrogens with one attached hydrogen (secondary N) is 1. The Bertz CT molecular complexity index is 1260. The lowest BCUT2D eigenvalue weighted by atomic mass is 9.98. The van der Waals surface area contributed by atoms with E-state index in [9.17, 15) is 4.79 Å². The summed E-state index contributed by atoms with van der Waals surface area (Å²) < 4.78 is 16.6. The number of nitrogens with zero attached hydrogens (tertiary/aromatic N) is 1. The second kappa shape index (κ2) is 7.80. The van der Waals surface area contributed by atoms with Crippen molar-refractivity contribution < 1.29 is 18.7 Å². The van der Waals surface area contributed by atoms with Crippen LogP contribution >= 0.6 is 0 Å². The first-order valence-corrected chi connectivity index (χ1v) is 10.3. The SMILES string of the molecule is CC[C@H](C)c1ccc2oc(-c3ccc(NC(=O)c4ccc5c(c4)OCO5)cc3)nc2c1. The predicted molar refractivity (Wildman–Crippen MR) is 119 cm³/mol. The second-order valence-electron chi connectivity index (χ2n) is 7.65. The summed E-state index contributed by atoms with van der Waals surface area (Å²) in [6.07, 6.45) is 1.08. The van der Waals surface area contributed by atoms with Gasteiger partial charge in [0.2, 0.25) is 12.7 Å². The summed E-state index contributed by atoms with van der Waals surface area (Å²) in [5.41, 5.74) is 4.92. The largest absolute Gasteiger partial charge is 0.454 e. The number of hydrogen-bond acceptors (Lipinski definition) is 5. The summed E-state index contributed by atoms with van der Waals surface area (Å²) in [6, 6.07) is 18.7. The monoisotopic (exact) mass is 414 g/mol. The lowest BCUT2D eigenvalue weighted by Gasteiger charge is -2.07. The van der Waals surface area contributed by atoms with Crippen LogP contribution in [-0.2, 0) is 0 Å². The summed E-state index contributed by atoms with van der Waals surface area (Å²) in [5.74, 6) is 2.05. The summed E-state index contributed by atoms with van der Waals surface area (Å²) >= 11 is 0. The highest BCUT2D eigenvalue weighted by Gasteiger charge is 2.16. The molecule has 1 aromatic heterocycles. The Hall–Kier alpha value is -3.80. The standard InChI is InChI=1S/C25H22N2O4/c1-3-15(2)17-6-10-21-20(12-17)27-25(31-21)16-4-8-19(9-5-16)26-24(28)18-7-11-22-23(13-18)30-14-29-22/h4-13,15H,3,14H2,1-2H3,(H,26,28)/t15-/m0/s1. The molecule has 0 fully saturated rings. The quantitative estimate of drug-likeness (QED) is 0.434. The molecule has 1 N–H and O–H groups in total. The molecule has 1 aliphatic heterocycles. The summed E-state index contributed by atoms with van der Waals surface area (Å²) in [6.45, 7) is 4.56. The summed E-state index contributed by atoms with van der Waals surface area (Å²) in [7, 11) is 0. The minimum atomic E-state index is -0.217. The zero-order chi connectivity index (χ0) is 21.4. The van der Waals surface area contributed by atoms with E-state index in [4.69, 9.17) is 13.9 Å². The summed E-state index contributed by atoms with van der Waals surface area (Å²) in [4.78, 5) is 17.2. The van der Waals surface area contributed by atoms with Gasteiger partial charge in [-0.1, -0.05) is 19.9 Å². The maximum absolute atomic E-state index is 12.6. The number of fused-ring (bicyclic) bond motifs is 2. The van der Waals surface area contributed by atoms with Crippen molar-refractivity contribution in [3.05, 3.63) is 71.8 Å². The third-order valence-electron chi connectivity index (χ3n) is 5.62. The van der Waals surface area contributed by atoms with Gasteiger partial charge in [0.1, 0.15) is 5.52 Å². The van der Waals surface area contributed by atoms with Crippen LogP contribution in [-0.4, -0.2) is 17.7 Å². The van der Waals surface area contributed by atoms with E-state index in [1.807, 2.05) is 30.3 Å². The average Bonchev–Trinajstić information content (AvgIpc) is 3.44. The number of anilines is 1. The third kappa shape index (κ3) is 3.72. The van der Waals surface area contributed by atoms with E-state index in [0.717, 1.165) is 23.1 Å². The number of oxazole rings is 1. The zero-order valence-electron chi connectivity index (χ0n) is 17.3. The molecular weight excluding hydrogens is 392 g/mol. The van der Waals surface area contributed by atoms with Crippen LogP contribution in [0.1, 0.15) is 42.1 Å². The Labute approximate surface area is 179 Å². The molecule has 3 aromatic carbocycles. The number of amides is 1. The van der Waals surface area contributed by atoms with Gasteiger partial charge in [0.15, 0.2) is 17.1 Å². The number of ether oxygens (including phenoxy) is 2.